The average Bonchev–Trinajstić information content (AvgIpc) is 2.60. The highest BCUT2D eigenvalue weighted by Gasteiger charge is 2.16. The van der Waals surface area contributed by atoms with Crippen molar-refractivity contribution in [3.05, 3.63) is 58.7 Å². The molecule has 2 rings (SSSR count). The Kier molecular flexibility index (Phi) is 6.57. The Balaban J connectivity index is 1.86. The number of nitrogens with zero attached hydrogens (tertiary/aromatic N) is 1. The Morgan fingerprint density at radius 1 is 1.17 bits per heavy atom. The Labute approximate surface area is 144 Å². The minimum Gasteiger partial charge on any atom is -0.478 e. The third kappa shape index (κ3) is 5.24. The van der Waals surface area contributed by atoms with Gasteiger partial charge in [0.05, 0.1) is 11.6 Å². The van der Waals surface area contributed by atoms with Crippen LogP contribution in [0.1, 0.15) is 23.0 Å². The highest BCUT2D eigenvalue weighted by Crippen LogP contribution is 2.18. The van der Waals surface area contributed by atoms with Crippen LogP contribution in [-0.4, -0.2) is 30.1 Å². The largest absolute Gasteiger partial charge is 0.478 e. The number of benzene rings is 1. The highest BCUT2D eigenvalue weighted by atomic mass is 35.5. The van der Waals surface area contributed by atoms with Crippen LogP contribution in [0, 0.1) is 0 Å². The Morgan fingerprint density at radius 2 is 1.92 bits per heavy atom. The summed E-state index contributed by atoms with van der Waals surface area (Å²) in [4.78, 5) is 27.7. The fraction of sp³-hybridized carbons (Fsp3) is 0.235. The van der Waals surface area contributed by atoms with Gasteiger partial charge in [0.1, 0.15) is 0 Å². The van der Waals surface area contributed by atoms with Crippen LogP contribution in [0.2, 0.25) is 5.02 Å². The monoisotopic (exact) mass is 348 g/mol. The summed E-state index contributed by atoms with van der Waals surface area (Å²) in [7, 11) is 0. The summed E-state index contributed by atoms with van der Waals surface area (Å²) in [5.74, 6) is -0.928. The molecule has 0 aliphatic rings. The van der Waals surface area contributed by atoms with Crippen molar-refractivity contribution in [2.75, 3.05) is 13.2 Å². The summed E-state index contributed by atoms with van der Waals surface area (Å²) in [6, 6.07) is 12.5. The van der Waals surface area contributed by atoms with Gasteiger partial charge in [-0.2, -0.15) is 0 Å². The van der Waals surface area contributed by atoms with Crippen molar-refractivity contribution in [2.45, 2.75) is 13.5 Å². The van der Waals surface area contributed by atoms with Crippen LogP contribution in [0.15, 0.2) is 42.5 Å². The molecule has 0 spiro atoms. The van der Waals surface area contributed by atoms with E-state index in [0.717, 1.165) is 5.56 Å². The minimum atomic E-state index is -0.781. The molecule has 0 saturated heterocycles. The van der Waals surface area contributed by atoms with Gasteiger partial charge >= 0.3 is 5.97 Å². The van der Waals surface area contributed by atoms with Gasteiger partial charge in [0.25, 0.3) is 5.91 Å². The fourth-order valence-electron chi connectivity index (χ4n) is 1.84. The first kappa shape index (κ1) is 17.7. The number of hydrogen-bond donors (Lipinski definition) is 1. The van der Waals surface area contributed by atoms with E-state index in [1.165, 1.54) is 6.07 Å². The maximum atomic E-state index is 12.0. The van der Waals surface area contributed by atoms with Gasteiger partial charge in [0.15, 0.2) is 12.3 Å². The first-order valence-corrected chi connectivity index (χ1v) is 7.75. The van der Waals surface area contributed by atoms with Gasteiger partial charge in [-0.05, 0) is 18.6 Å². The summed E-state index contributed by atoms with van der Waals surface area (Å²) in [6.45, 7) is 2.15. The van der Waals surface area contributed by atoms with Crippen molar-refractivity contribution in [2.24, 2.45) is 0 Å². The quantitative estimate of drug-likeness (QED) is 0.778. The molecule has 1 heterocycles. The zero-order chi connectivity index (χ0) is 17.4. The predicted molar refractivity (Wildman–Crippen MR) is 89.0 cm³/mol. The number of carbonyl (C=O) groups is 2. The van der Waals surface area contributed by atoms with Crippen LogP contribution in [0.4, 0.5) is 0 Å². The Morgan fingerprint density at radius 3 is 2.62 bits per heavy atom. The molecule has 0 fully saturated rings. The zero-order valence-corrected chi connectivity index (χ0v) is 13.9. The molecule has 2 aromatic rings. The number of carbonyl (C=O) groups excluding carboxylic acids is 2. The van der Waals surface area contributed by atoms with E-state index in [0.29, 0.717) is 13.2 Å². The molecule has 1 N–H and O–H groups in total. The minimum absolute atomic E-state index is 0.0847. The van der Waals surface area contributed by atoms with Crippen molar-refractivity contribution < 1.29 is 19.1 Å². The summed E-state index contributed by atoms with van der Waals surface area (Å²) >= 11 is 5.93. The molecule has 1 aromatic carbocycles. The number of hydrogen-bond acceptors (Lipinski definition) is 5. The van der Waals surface area contributed by atoms with Crippen LogP contribution in [0.5, 0.6) is 5.88 Å². The number of ether oxygens (including phenoxy) is 2. The molecular formula is C17H17ClN2O4. The number of nitrogens with one attached hydrogen (secondary N) is 1. The molecule has 0 saturated carbocycles. The van der Waals surface area contributed by atoms with Crippen LogP contribution in [0.25, 0.3) is 0 Å². The smallest absolute Gasteiger partial charge is 0.359 e. The summed E-state index contributed by atoms with van der Waals surface area (Å²) in [5.41, 5.74) is 0.866. The lowest BCUT2D eigenvalue weighted by Crippen LogP contribution is -2.28. The first-order chi connectivity index (χ1) is 11.6. The Hall–Kier alpha value is -2.60. The van der Waals surface area contributed by atoms with Gasteiger partial charge < -0.3 is 14.8 Å². The molecule has 0 bridgehead atoms. The van der Waals surface area contributed by atoms with E-state index in [1.807, 2.05) is 30.3 Å². The molecule has 0 unspecified atom stereocenters. The van der Waals surface area contributed by atoms with Crippen molar-refractivity contribution in [3.8, 4) is 5.88 Å². The van der Waals surface area contributed by atoms with Gasteiger partial charge in [0, 0.05) is 12.6 Å². The predicted octanol–water partition coefficient (Wildman–Crippen LogP) is 2.61. The maximum absolute atomic E-state index is 12.0. The van der Waals surface area contributed by atoms with E-state index < -0.39 is 18.5 Å². The summed E-state index contributed by atoms with van der Waals surface area (Å²) < 4.78 is 10.1. The molecule has 6 nitrogen and oxygen atoms in total. The molecule has 0 radical (unpaired) electrons. The number of amides is 1. The van der Waals surface area contributed by atoms with Gasteiger partial charge in [-0.3, -0.25) is 4.79 Å². The standard InChI is InChI=1S/C17H17ClN2O4/c1-2-23-15-9-8-13(18)16(20-15)17(22)24-11-14(21)19-10-12-6-4-3-5-7-12/h3-9H,2,10-11H2,1H3,(H,19,21). The van der Waals surface area contributed by atoms with Gasteiger partial charge in [-0.1, -0.05) is 41.9 Å². The third-order valence-electron chi connectivity index (χ3n) is 2.97. The topological polar surface area (TPSA) is 77.5 Å². The normalized spacial score (nSPS) is 10.1. The molecule has 1 aromatic heterocycles. The second kappa shape index (κ2) is 8.88. The molecule has 0 aliphatic carbocycles. The first-order valence-electron chi connectivity index (χ1n) is 7.37. The molecule has 7 heteroatoms. The molecule has 126 valence electrons. The molecule has 0 atom stereocenters. The number of aromatic nitrogens is 1. The number of pyridine rings is 1. The summed E-state index contributed by atoms with van der Waals surface area (Å²) in [6.07, 6.45) is 0. The van der Waals surface area contributed by atoms with Crippen LogP contribution >= 0.6 is 11.6 Å². The maximum Gasteiger partial charge on any atom is 0.359 e. The van der Waals surface area contributed by atoms with E-state index in [2.05, 4.69) is 10.3 Å². The Bertz CT molecular complexity index is 707. The average molecular weight is 349 g/mol. The van der Waals surface area contributed by atoms with E-state index in [-0.39, 0.29) is 16.6 Å². The number of rotatable bonds is 7. The third-order valence-corrected chi connectivity index (χ3v) is 3.28. The van der Waals surface area contributed by atoms with Crippen LogP contribution < -0.4 is 10.1 Å². The zero-order valence-electron chi connectivity index (χ0n) is 13.1. The van der Waals surface area contributed by atoms with Crippen molar-refractivity contribution in [1.29, 1.82) is 0 Å². The lowest BCUT2D eigenvalue weighted by molar-refractivity contribution is -0.124. The van der Waals surface area contributed by atoms with E-state index in [1.54, 1.807) is 13.0 Å². The number of esters is 1. The molecule has 0 aliphatic heterocycles. The lowest BCUT2D eigenvalue weighted by atomic mass is 10.2. The van der Waals surface area contributed by atoms with Crippen molar-refractivity contribution >= 4 is 23.5 Å². The molecule has 1 amide bonds. The van der Waals surface area contributed by atoms with Crippen LogP contribution in [-0.2, 0) is 16.1 Å². The lowest BCUT2D eigenvalue weighted by Gasteiger charge is -2.08. The molecule has 24 heavy (non-hydrogen) atoms. The van der Waals surface area contributed by atoms with Crippen LogP contribution in [0.3, 0.4) is 0 Å². The fourth-order valence-corrected chi connectivity index (χ4v) is 2.03. The second-order valence-electron chi connectivity index (χ2n) is 4.75. The highest BCUT2D eigenvalue weighted by molar-refractivity contribution is 6.33. The van der Waals surface area contributed by atoms with Gasteiger partial charge in [0.2, 0.25) is 5.88 Å². The van der Waals surface area contributed by atoms with E-state index in [9.17, 15) is 9.59 Å². The SMILES string of the molecule is CCOc1ccc(Cl)c(C(=O)OCC(=O)NCc2ccccc2)n1. The number of halogens is 1. The summed E-state index contributed by atoms with van der Waals surface area (Å²) in [5, 5.41) is 2.79. The second-order valence-corrected chi connectivity index (χ2v) is 5.16. The van der Waals surface area contributed by atoms with Gasteiger partial charge in [-0.25, -0.2) is 9.78 Å². The van der Waals surface area contributed by atoms with E-state index in [4.69, 9.17) is 21.1 Å². The van der Waals surface area contributed by atoms with E-state index >= 15 is 0 Å². The van der Waals surface area contributed by atoms with Crippen molar-refractivity contribution in [1.82, 2.24) is 10.3 Å². The van der Waals surface area contributed by atoms with Gasteiger partial charge in [-0.15, -0.1) is 0 Å². The molecular weight excluding hydrogens is 332 g/mol. The van der Waals surface area contributed by atoms with Crippen molar-refractivity contribution in [3.63, 3.8) is 0 Å².